The highest BCUT2D eigenvalue weighted by atomic mass is 16.5. The van der Waals surface area contributed by atoms with Crippen LogP contribution in [0.4, 0.5) is 0 Å². The second-order valence-electron chi connectivity index (χ2n) is 8.41. The Kier molecular flexibility index (Phi) is 4.86. The Hall–Kier alpha value is -2.62. The summed E-state index contributed by atoms with van der Waals surface area (Å²) in [4.78, 5) is 2.52. The van der Waals surface area contributed by atoms with Crippen molar-refractivity contribution in [2.75, 3.05) is 13.1 Å². The molecule has 0 radical (unpaired) electrons. The van der Waals surface area contributed by atoms with Crippen molar-refractivity contribution in [2.45, 2.75) is 38.2 Å². The molecule has 2 atom stereocenters. The Bertz CT molecular complexity index is 973. The minimum Gasteiger partial charge on any atom is -0.489 e. The van der Waals surface area contributed by atoms with Crippen LogP contribution in [0.3, 0.4) is 0 Å². The van der Waals surface area contributed by atoms with E-state index in [0.717, 1.165) is 25.4 Å². The molecule has 0 N–H and O–H groups in total. The molecule has 0 saturated carbocycles. The van der Waals surface area contributed by atoms with Gasteiger partial charge in [-0.05, 0) is 29.7 Å². The van der Waals surface area contributed by atoms with Crippen molar-refractivity contribution < 1.29 is 9.47 Å². The van der Waals surface area contributed by atoms with Gasteiger partial charge in [-0.2, -0.15) is 0 Å². The van der Waals surface area contributed by atoms with Gasteiger partial charge in [0.05, 0.1) is 12.2 Å². The lowest BCUT2D eigenvalue weighted by atomic mass is 9.81. The van der Waals surface area contributed by atoms with Gasteiger partial charge in [0.25, 0.3) is 0 Å². The molecular weight excluding hydrogens is 358 g/mol. The summed E-state index contributed by atoms with van der Waals surface area (Å²) >= 11 is 0. The molecular formula is C26H27NO2. The molecule has 2 aliphatic heterocycles. The van der Waals surface area contributed by atoms with Crippen LogP contribution < -0.4 is 4.74 Å². The van der Waals surface area contributed by atoms with Crippen LogP contribution in [0.15, 0.2) is 78.9 Å². The second kappa shape index (κ2) is 7.66. The number of fused-ring (bicyclic) bond motifs is 3. The van der Waals surface area contributed by atoms with Gasteiger partial charge in [-0.15, -0.1) is 0 Å². The van der Waals surface area contributed by atoms with Crippen LogP contribution in [0.5, 0.6) is 5.75 Å². The Morgan fingerprint density at radius 3 is 2.41 bits per heavy atom. The second-order valence-corrected chi connectivity index (χ2v) is 8.41. The van der Waals surface area contributed by atoms with Crippen molar-refractivity contribution >= 4 is 0 Å². The smallest absolute Gasteiger partial charge is 0.125 e. The van der Waals surface area contributed by atoms with Gasteiger partial charge in [-0.25, -0.2) is 0 Å². The zero-order valence-corrected chi connectivity index (χ0v) is 16.9. The fourth-order valence-electron chi connectivity index (χ4n) is 4.78. The average Bonchev–Trinajstić information content (AvgIpc) is 3.10. The van der Waals surface area contributed by atoms with E-state index < -0.39 is 0 Å². The Labute approximate surface area is 172 Å². The van der Waals surface area contributed by atoms with Crippen molar-refractivity contribution in [3.8, 4) is 5.75 Å². The Morgan fingerprint density at radius 1 is 0.931 bits per heavy atom. The van der Waals surface area contributed by atoms with E-state index in [1.807, 2.05) is 18.2 Å². The number of ether oxygens (including phenoxy) is 2. The van der Waals surface area contributed by atoms with Crippen LogP contribution in [-0.4, -0.2) is 23.6 Å². The zero-order chi connectivity index (χ0) is 19.7. The summed E-state index contributed by atoms with van der Waals surface area (Å²) in [5.41, 5.74) is 5.00. The summed E-state index contributed by atoms with van der Waals surface area (Å²) in [5, 5.41) is 0. The molecule has 3 aromatic carbocycles. The number of rotatable bonds is 5. The van der Waals surface area contributed by atoms with E-state index >= 15 is 0 Å². The highest BCUT2D eigenvalue weighted by Crippen LogP contribution is 2.46. The van der Waals surface area contributed by atoms with Gasteiger partial charge >= 0.3 is 0 Å². The molecule has 3 heteroatoms. The van der Waals surface area contributed by atoms with Gasteiger partial charge in [0.2, 0.25) is 0 Å². The fourth-order valence-corrected chi connectivity index (χ4v) is 4.78. The van der Waals surface area contributed by atoms with Gasteiger partial charge in [0.15, 0.2) is 0 Å². The first-order valence-electron chi connectivity index (χ1n) is 10.4. The van der Waals surface area contributed by atoms with Gasteiger partial charge in [0, 0.05) is 31.1 Å². The normalized spacial score (nSPS) is 23.4. The molecule has 0 aliphatic carbocycles. The molecule has 3 aromatic rings. The number of likely N-dealkylation sites (tertiary alicyclic amines) is 1. The van der Waals surface area contributed by atoms with Gasteiger partial charge in [-0.1, -0.05) is 72.8 Å². The summed E-state index contributed by atoms with van der Waals surface area (Å²) in [6.07, 6.45) is 0. The predicted octanol–water partition coefficient (Wildman–Crippen LogP) is 5.15. The van der Waals surface area contributed by atoms with Crippen LogP contribution in [-0.2, 0) is 24.5 Å². The summed E-state index contributed by atoms with van der Waals surface area (Å²) in [6.45, 7) is 6.41. The Balaban J connectivity index is 1.36. The van der Waals surface area contributed by atoms with E-state index in [0.29, 0.717) is 19.1 Å². The maximum atomic E-state index is 6.45. The van der Waals surface area contributed by atoms with Crippen molar-refractivity contribution in [1.82, 2.24) is 4.90 Å². The quantitative estimate of drug-likeness (QED) is 0.606. The van der Waals surface area contributed by atoms with Crippen molar-refractivity contribution in [2.24, 2.45) is 0 Å². The Morgan fingerprint density at radius 2 is 1.66 bits per heavy atom. The maximum absolute atomic E-state index is 6.45. The lowest BCUT2D eigenvalue weighted by Crippen LogP contribution is -2.40. The van der Waals surface area contributed by atoms with Crippen molar-refractivity contribution in [1.29, 1.82) is 0 Å². The third kappa shape index (κ3) is 3.68. The van der Waals surface area contributed by atoms with E-state index in [2.05, 4.69) is 72.5 Å². The topological polar surface area (TPSA) is 21.7 Å². The standard InChI is InChI=1S/C26H27NO2/c1-26-19-27(15-20-9-4-2-5-10-20)16-24(26)22-13-8-14-25(23(22)18-29-26)28-17-21-11-6-3-7-12-21/h2-14,24H,15-19H2,1H3. The summed E-state index contributed by atoms with van der Waals surface area (Å²) in [6, 6.07) is 27.5. The molecule has 148 valence electrons. The summed E-state index contributed by atoms with van der Waals surface area (Å²) < 4.78 is 12.7. The van der Waals surface area contributed by atoms with E-state index in [9.17, 15) is 0 Å². The molecule has 0 amide bonds. The van der Waals surface area contributed by atoms with Crippen molar-refractivity contribution in [3.63, 3.8) is 0 Å². The third-order valence-electron chi connectivity index (χ3n) is 6.29. The molecule has 0 aromatic heterocycles. The van der Waals surface area contributed by atoms with Crippen LogP contribution in [0.25, 0.3) is 0 Å². The van der Waals surface area contributed by atoms with Crippen LogP contribution in [0.1, 0.15) is 35.1 Å². The first kappa shape index (κ1) is 18.4. The fraction of sp³-hybridized carbons (Fsp3) is 0.308. The molecule has 3 nitrogen and oxygen atoms in total. The van der Waals surface area contributed by atoms with E-state index in [4.69, 9.17) is 9.47 Å². The van der Waals surface area contributed by atoms with E-state index in [1.165, 1.54) is 22.3 Å². The summed E-state index contributed by atoms with van der Waals surface area (Å²) in [5.74, 6) is 1.32. The van der Waals surface area contributed by atoms with Crippen molar-refractivity contribution in [3.05, 3.63) is 101 Å². The molecule has 29 heavy (non-hydrogen) atoms. The molecule has 1 saturated heterocycles. The minimum atomic E-state index is -0.139. The summed E-state index contributed by atoms with van der Waals surface area (Å²) in [7, 11) is 0. The van der Waals surface area contributed by atoms with Gasteiger partial charge in [-0.3, -0.25) is 4.90 Å². The zero-order valence-electron chi connectivity index (χ0n) is 16.9. The van der Waals surface area contributed by atoms with Gasteiger partial charge < -0.3 is 9.47 Å². The number of nitrogens with zero attached hydrogens (tertiary/aromatic N) is 1. The van der Waals surface area contributed by atoms with Gasteiger partial charge in [0.1, 0.15) is 12.4 Å². The van der Waals surface area contributed by atoms with Crippen LogP contribution >= 0.6 is 0 Å². The predicted molar refractivity (Wildman–Crippen MR) is 115 cm³/mol. The molecule has 1 fully saturated rings. The minimum absolute atomic E-state index is 0.139. The molecule has 2 heterocycles. The molecule has 2 unspecified atom stereocenters. The van der Waals surface area contributed by atoms with Crippen LogP contribution in [0.2, 0.25) is 0 Å². The molecule has 0 bridgehead atoms. The monoisotopic (exact) mass is 385 g/mol. The molecule has 5 rings (SSSR count). The highest BCUT2D eigenvalue weighted by Gasteiger charge is 2.48. The highest BCUT2D eigenvalue weighted by molar-refractivity contribution is 5.45. The SMILES string of the molecule is CC12CN(Cc3ccccc3)CC1c1cccc(OCc3ccccc3)c1CO2. The first-order chi connectivity index (χ1) is 14.2. The van der Waals surface area contributed by atoms with Crippen LogP contribution in [0, 0.1) is 0 Å². The number of benzene rings is 3. The van der Waals surface area contributed by atoms with E-state index in [-0.39, 0.29) is 5.60 Å². The first-order valence-corrected chi connectivity index (χ1v) is 10.4. The lowest BCUT2D eigenvalue weighted by Gasteiger charge is -2.37. The molecule has 0 spiro atoms. The third-order valence-corrected chi connectivity index (χ3v) is 6.29. The largest absolute Gasteiger partial charge is 0.489 e. The average molecular weight is 386 g/mol. The molecule has 2 aliphatic rings. The number of hydrogen-bond donors (Lipinski definition) is 0. The van der Waals surface area contributed by atoms with E-state index in [1.54, 1.807) is 0 Å². The number of hydrogen-bond acceptors (Lipinski definition) is 3. The lowest BCUT2D eigenvalue weighted by molar-refractivity contribution is -0.0577. The maximum Gasteiger partial charge on any atom is 0.125 e.